The maximum Gasteiger partial charge on any atom is 0.314 e. The number of hydrogen-bond acceptors (Lipinski definition) is 2. The van der Waals surface area contributed by atoms with Crippen LogP contribution < -0.4 is 0 Å². The van der Waals surface area contributed by atoms with E-state index in [1.54, 1.807) is 0 Å². The Morgan fingerprint density at radius 3 is 1.28 bits per heavy atom. The minimum atomic E-state index is -2.02. The molecule has 0 aliphatic heterocycles. The Morgan fingerprint density at radius 2 is 1.06 bits per heavy atom. The molecule has 0 fully saturated rings. The van der Waals surface area contributed by atoms with Crippen LogP contribution >= 0.6 is 0 Å². The van der Waals surface area contributed by atoms with Crippen LogP contribution in [0.25, 0.3) is 0 Å². The molecule has 0 aromatic heterocycles. The minimum absolute atomic E-state index is 0.675. The van der Waals surface area contributed by atoms with Gasteiger partial charge in [0, 0.05) is 0 Å². The Bertz CT molecular complexity index is 238. The zero-order chi connectivity index (χ0) is 14.8. The Hall–Kier alpha value is 0.571. The molecule has 0 radical (unpaired) electrons. The molecule has 0 bridgehead atoms. The van der Waals surface area contributed by atoms with Gasteiger partial charge in [0.25, 0.3) is 0 Å². The lowest BCUT2D eigenvalue weighted by atomic mass is 10.0. The quantitative estimate of drug-likeness (QED) is 0.613. The first-order valence-electron chi connectivity index (χ1n) is 7.14. The molecule has 0 saturated heterocycles. The molecule has 1 atom stereocenters. The molecule has 0 heterocycles. The van der Waals surface area contributed by atoms with Crippen molar-refractivity contribution in [2.24, 2.45) is 11.8 Å². The minimum Gasteiger partial charge on any atom is -0.437 e. The van der Waals surface area contributed by atoms with Crippen molar-refractivity contribution in [3.05, 3.63) is 0 Å². The summed E-state index contributed by atoms with van der Waals surface area (Å²) in [6.45, 7) is 22.8. The largest absolute Gasteiger partial charge is 0.437 e. The SMILES string of the molecule is CC(C)C(C)C[Si](C)(O[Si](C)(C)C)O[Si](C)(C)C. The van der Waals surface area contributed by atoms with Gasteiger partial charge in [0.2, 0.25) is 0 Å². The second kappa shape index (κ2) is 6.35. The summed E-state index contributed by atoms with van der Waals surface area (Å²) in [4.78, 5) is 0. The van der Waals surface area contributed by atoms with E-state index in [-0.39, 0.29) is 0 Å². The van der Waals surface area contributed by atoms with Gasteiger partial charge in [0.05, 0.1) is 0 Å². The molecule has 18 heavy (non-hydrogen) atoms. The Morgan fingerprint density at radius 1 is 0.722 bits per heavy atom. The van der Waals surface area contributed by atoms with Crippen LogP contribution in [0.15, 0.2) is 0 Å². The summed E-state index contributed by atoms with van der Waals surface area (Å²) in [7, 11) is -5.09. The van der Waals surface area contributed by atoms with Crippen LogP contribution in [-0.4, -0.2) is 25.2 Å². The van der Waals surface area contributed by atoms with Gasteiger partial charge in [-0.3, -0.25) is 0 Å². The molecule has 0 amide bonds. The van der Waals surface area contributed by atoms with E-state index in [1.807, 2.05) is 0 Å². The van der Waals surface area contributed by atoms with Crippen LogP contribution in [0.2, 0.25) is 51.9 Å². The molecule has 0 aromatic rings. The highest BCUT2D eigenvalue weighted by Gasteiger charge is 2.41. The first-order valence-corrected chi connectivity index (χ1v) is 16.5. The molecule has 0 rings (SSSR count). The molecule has 0 spiro atoms. The lowest BCUT2D eigenvalue weighted by Crippen LogP contribution is -2.53. The summed E-state index contributed by atoms with van der Waals surface area (Å²) in [5, 5.41) is 0. The van der Waals surface area contributed by atoms with E-state index < -0.39 is 25.2 Å². The summed E-state index contributed by atoms with van der Waals surface area (Å²) in [6.07, 6.45) is 0. The van der Waals surface area contributed by atoms with E-state index >= 15 is 0 Å². The predicted octanol–water partition coefficient (Wildman–Crippen LogP) is 5.05. The lowest BCUT2D eigenvalue weighted by Gasteiger charge is -2.40. The van der Waals surface area contributed by atoms with Gasteiger partial charge < -0.3 is 8.23 Å². The van der Waals surface area contributed by atoms with Crippen molar-refractivity contribution < 1.29 is 8.23 Å². The van der Waals surface area contributed by atoms with Gasteiger partial charge in [-0.25, -0.2) is 0 Å². The molecular formula is C13H34O2Si3. The van der Waals surface area contributed by atoms with Gasteiger partial charge in [-0.15, -0.1) is 0 Å². The summed E-state index contributed by atoms with van der Waals surface area (Å²) >= 11 is 0. The molecule has 0 aromatic carbocycles. The molecule has 2 nitrogen and oxygen atoms in total. The Labute approximate surface area is 118 Å². The molecule has 110 valence electrons. The van der Waals surface area contributed by atoms with Crippen LogP contribution in [0.3, 0.4) is 0 Å². The van der Waals surface area contributed by atoms with Crippen molar-refractivity contribution in [3.8, 4) is 0 Å². The highest BCUT2D eigenvalue weighted by molar-refractivity contribution is 6.87. The van der Waals surface area contributed by atoms with Gasteiger partial charge in [0.1, 0.15) is 0 Å². The third-order valence-corrected chi connectivity index (χ3v) is 12.6. The zero-order valence-corrected chi connectivity index (χ0v) is 17.2. The van der Waals surface area contributed by atoms with E-state index in [9.17, 15) is 0 Å². The van der Waals surface area contributed by atoms with Crippen molar-refractivity contribution in [1.29, 1.82) is 0 Å². The maximum atomic E-state index is 6.51. The topological polar surface area (TPSA) is 18.5 Å². The lowest BCUT2D eigenvalue weighted by molar-refractivity contribution is 0.347. The fourth-order valence-corrected chi connectivity index (χ4v) is 15.4. The van der Waals surface area contributed by atoms with Gasteiger partial charge in [-0.05, 0) is 63.7 Å². The third-order valence-electron chi connectivity index (χ3n) is 2.88. The highest BCUT2D eigenvalue weighted by Crippen LogP contribution is 2.30. The molecule has 1 unspecified atom stereocenters. The monoisotopic (exact) mass is 306 g/mol. The van der Waals surface area contributed by atoms with Gasteiger partial charge >= 0.3 is 8.56 Å². The second-order valence-electron chi connectivity index (χ2n) is 7.99. The number of rotatable bonds is 7. The Balaban J connectivity index is 4.92. The molecule has 0 N–H and O–H groups in total. The van der Waals surface area contributed by atoms with Crippen LogP contribution in [0.1, 0.15) is 20.8 Å². The normalized spacial score (nSPS) is 16.2. The average Bonchev–Trinajstić information content (AvgIpc) is 1.93. The fourth-order valence-electron chi connectivity index (χ4n) is 2.22. The molecule has 5 heteroatoms. The van der Waals surface area contributed by atoms with Crippen molar-refractivity contribution >= 4 is 25.2 Å². The van der Waals surface area contributed by atoms with E-state index in [2.05, 4.69) is 66.6 Å². The second-order valence-corrected chi connectivity index (χ2v) is 20.7. The van der Waals surface area contributed by atoms with Crippen LogP contribution in [0.5, 0.6) is 0 Å². The zero-order valence-electron chi connectivity index (χ0n) is 14.2. The summed E-state index contributed by atoms with van der Waals surface area (Å²) < 4.78 is 13.0. The van der Waals surface area contributed by atoms with Gasteiger partial charge in [0.15, 0.2) is 16.6 Å². The molecule has 0 aliphatic rings. The van der Waals surface area contributed by atoms with E-state index in [4.69, 9.17) is 8.23 Å². The van der Waals surface area contributed by atoms with Crippen LogP contribution in [0, 0.1) is 11.8 Å². The first kappa shape index (κ1) is 18.6. The van der Waals surface area contributed by atoms with Gasteiger partial charge in [-0.2, -0.15) is 0 Å². The van der Waals surface area contributed by atoms with Crippen molar-refractivity contribution in [2.45, 2.75) is 72.6 Å². The molecule has 0 aliphatic carbocycles. The van der Waals surface area contributed by atoms with Gasteiger partial charge in [-0.1, -0.05) is 20.8 Å². The van der Waals surface area contributed by atoms with E-state index in [1.165, 1.54) is 0 Å². The standard InChI is InChI=1S/C13H34O2Si3/c1-12(2)13(3)11-18(10,14-16(4,5)6)15-17(7,8)9/h12-13H,11H2,1-10H3. The molecular weight excluding hydrogens is 272 g/mol. The molecule has 0 saturated carbocycles. The number of hydrogen-bond donors (Lipinski definition) is 0. The summed E-state index contributed by atoms with van der Waals surface area (Å²) in [6, 6.07) is 1.12. The van der Waals surface area contributed by atoms with Crippen molar-refractivity contribution in [1.82, 2.24) is 0 Å². The van der Waals surface area contributed by atoms with E-state index in [0.29, 0.717) is 11.8 Å². The summed E-state index contributed by atoms with van der Waals surface area (Å²) in [5.41, 5.74) is 0. The predicted molar refractivity (Wildman–Crippen MR) is 89.3 cm³/mol. The fraction of sp³-hybridized carbons (Fsp3) is 1.00. The van der Waals surface area contributed by atoms with Crippen molar-refractivity contribution in [2.75, 3.05) is 0 Å². The third kappa shape index (κ3) is 8.63. The van der Waals surface area contributed by atoms with Crippen LogP contribution in [-0.2, 0) is 8.23 Å². The maximum absolute atomic E-state index is 6.51. The summed E-state index contributed by atoms with van der Waals surface area (Å²) in [5.74, 6) is 1.38. The Kier molecular flexibility index (Phi) is 6.55. The first-order chi connectivity index (χ1) is 7.74. The highest BCUT2D eigenvalue weighted by atomic mass is 28.5. The smallest absolute Gasteiger partial charge is 0.314 e. The average molecular weight is 307 g/mol. The van der Waals surface area contributed by atoms with Crippen molar-refractivity contribution in [3.63, 3.8) is 0 Å². The van der Waals surface area contributed by atoms with E-state index in [0.717, 1.165) is 6.04 Å². The van der Waals surface area contributed by atoms with Crippen LogP contribution in [0.4, 0.5) is 0 Å².